The molecule has 0 aliphatic rings. The van der Waals surface area contributed by atoms with Gasteiger partial charge < -0.3 is 10.2 Å². The maximum absolute atomic E-state index is 12.9. The monoisotopic (exact) mass is 377 g/mol. The van der Waals surface area contributed by atoms with E-state index in [2.05, 4.69) is 10.3 Å². The molecule has 0 unspecified atom stereocenters. The molecule has 2 aromatic rings. The summed E-state index contributed by atoms with van der Waals surface area (Å²) in [5, 5.41) is 4.83. The third-order valence-electron chi connectivity index (χ3n) is 3.43. The van der Waals surface area contributed by atoms with Crippen molar-refractivity contribution >= 4 is 34.9 Å². The number of likely N-dealkylation sites (N-methyl/N-ethyl adjacent to an activating group) is 1. The molecule has 0 fully saturated rings. The molecule has 0 saturated heterocycles. The number of rotatable bonds is 8. The van der Waals surface area contributed by atoms with Gasteiger partial charge in [0.15, 0.2) is 0 Å². The highest BCUT2D eigenvalue weighted by molar-refractivity contribution is 7.98. The summed E-state index contributed by atoms with van der Waals surface area (Å²) < 4.78 is 0. The molecular weight excluding hydrogens is 354 g/mol. The lowest BCUT2D eigenvalue weighted by Gasteiger charge is -2.22. The number of aromatic nitrogens is 1. The number of hydrogen-bond acceptors (Lipinski definition) is 5. The van der Waals surface area contributed by atoms with Crippen LogP contribution in [0.5, 0.6) is 0 Å². The zero-order chi connectivity index (χ0) is 18.2. The maximum atomic E-state index is 12.9. The highest BCUT2D eigenvalue weighted by Crippen LogP contribution is 2.27. The number of carbonyl (C=O) groups excluding carboxylic acids is 2. The van der Waals surface area contributed by atoms with E-state index < -0.39 is 0 Å². The number of thiazole rings is 1. The molecule has 1 heterocycles. The fraction of sp³-hybridized carbons (Fsp3) is 0.389. The van der Waals surface area contributed by atoms with Crippen molar-refractivity contribution in [3.8, 4) is 0 Å². The molecular formula is C18H23N3O2S2. The Hall–Kier alpha value is -1.86. The fourth-order valence-electron chi connectivity index (χ4n) is 2.27. The maximum Gasteiger partial charge on any atom is 0.255 e. The molecule has 2 amide bonds. The third kappa shape index (κ3) is 5.86. The summed E-state index contributed by atoms with van der Waals surface area (Å²) in [6.45, 7) is 6.24. The lowest BCUT2D eigenvalue weighted by atomic mass is 10.2. The van der Waals surface area contributed by atoms with Crippen molar-refractivity contribution in [3.63, 3.8) is 0 Å². The molecule has 0 bridgehead atoms. The quantitative estimate of drug-likeness (QED) is 0.716. The van der Waals surface area contributed by atoms with Crippen LogP contribution in [0.25, 0.3) is 0 Å². The van der Waals surface area contributed by atoms with E-state index in [4.69, 9.17) is 0 Å². The predicted octanol–water partition coefficient (Wildman–Crippen LogP) is 3.42. The van der Waals surface area contributed by atoms with Crippen molar-refractivity contribution in [1.29, 1.82) is 0 Å². The van der Waals surface area contributed by atoms with Crippen LogP contribution in [0.2, 0.25) is 0 Å². The number of thioether (sulfide) groups is 1. The van der Waals surface area contributed by atoms with Gasteiger partial charge >= 0.3 is 0 Å². The SMILES string of the molecule is CCN(CC(=O)NC(C)C)C(=O)c1ccccc1SCc1cscn1. The molecule has 0 radical (unpaired) electrons. The molecule has 7 heteroatoms. The largest absolute Gasteiger partial charge is 0.352 e. The van der Waals surface area contributed by atoms with Crippen LogP contribution in [0.4, 0.5) is 0 Å². The molecule has 25 heavy (non-hydrogen) atoms. The van der Waals surface area contributed by atoms with Gasteiger partial charge in [0.1, 0.15) is 0 Å². The van der Waals surface area contributed by atoms with E-state index >= 15 is 0 Å². The Bertz CT molecular complexity index is 702. The van der Waals surface area contributed by atoms with Crippen LogP contribution in [0, 0.1) is 0 Å². The number of nitrogens with one attached hydrogen (secondary N) is 1. The van der Waals surface area contributed by atoms with Crippen molar-refractivity contribution in [2.24, 2.45) is 0 Å². The molecule has 0 aliphatic carbocycles. The molecule has 1 aromatic carbocycles. The van der Waals surface area contributed by atoms with E-state index in [9.17, 15) is 9.59 Å². The molecule has 1 aromatic heterocycles. The van der Waals surface area contributed by atoms with E-state index in [1.54, 1.807) is 33.5 Å². The fourth-order valence-corrected chi connectivity index (χ4v) is 3.88. The van der Waals surface area contributed by atoms with E-state index in [-0.39, 0.29) is 24.4 Å². The summed E-state index contributed by atoms with van der Waals surface area (Å²) in [7, 11) is 0. The molecule has 134 valence electrons. The second kappa shape index (κ2) is 9.58. The first kappa shape index (κ1) is 19.5. The van der Waals surface area contributed by atoms with Crippen molar-refractivity contribution in [3.05, 3.63) is 46.4 Å². The summed E-state index contributed by atoms with van der Waals surface area (Å²) in [5.41, 5.74) is 3.43. The summed E-state index contributed by atoms with van der Waals surface area (Å²) in [6.07, 6.45) is 0. The second-order valence-corrected chi connectivity index (χ2v) is 7.54. The van der Waals surface area contributed by atoms with Crippen molar-refractivity contribution in [2.45, 2.75) is 37.5 Å². The summed E-state index contributed by atoms with van der Waals surface area (Å²) in [6, 6.07) is 7.58. The first-order valence-corrected chi connectivity index (χ1v) is 10.1. The lowest BCUT2D eigenvalue weighted by Crippen LogP contribution is -2.42. The average Bonchev–Trinajstić information content (AvgIpc) is 3.10. The molecule has 1 N–H and O–H groups in total. The Morgan fingerprint density at radius 1 is 1.32 bits per heavy atom. The Balaban J connectivity index is 2.09. The smallest absolute Gasteiger partial charge is 0.255 e. The Morgan fingerprint density at radius 2 is 2.08 bits per heavy atom. The number of hydrogen-bond donors (Lipinski definition) is 1. The number of carbonyl (C=O) groups is 2. The van der Waals surface area contributed by atoms with Crippen molar-refractivity contribution in [1.82, 2.24) is 15.2 Å². The van der Waals surface area contributed by atoms with E-state index in [0.29, 0.717) is 17.9 Å². The standard InChI is InChI=1S/C18H23N3O2S2/c1-4-21(9-17(22)20-13(2)3)18(23)15-7-5-6-8-16(15)25-11-14-10-24-12-19-14/h5-8,10,12-13H,4,9,11H2,1-3H3,(H,20,22). The number of amides is 2. The highest BCUT2D eigenvalue weighted by atomic mass is 32.2. The topological polar surface area (TPSA) is 62.3 Å². The highest BCUT2D eigenvalue weighted by Gasteiger charge is 2.20. The van der Waals surface area contributed by atoms with E-state index in [1.165, 1.54) is 0 Å². The van der Waals surface area contributed by atoms with Crippen LogP contribution in [0.3, 0.4) is 0 Å². The van der Waals surface area contributed by atoms with Gasteiger partial charge in [0.25, 0.3) is 5.91 Å². The van der Waals surface area contributed by atoms with Crippen LogP contribution in [-0.4, -0.2) is 40.8 Å². The molecule has 5 nitrogen and oxygen atoms in total. The lowest BCUT2D eigenvalue weighted by molar-refractivity contribution is -0.122. The van der Waals surface area contributed by atoms with Gasteiger partial charge in [-0.1, -0.05) is 12.1 Å². The second-order valence-electron chi connectivity index (χ2n) is 5.81. The van der Waals surface area contributed by atoms with Crippen molar-refractivity contribution in [2.75, 3.05) is 13.1 Å². The summed E-state index contributed by atoms with van der Waals surface area (Å²) in [4.78, 5) is 31.7. The van der Waals surface area contributed by atoms with Crippen LogP contribution >= 0.6 is 23.1 Å². The van der Waals surface area contributed by atoms with Gasteiger partial charge in [-0.25, -0.2) is 4.98 Å². The van der Waals surface area contributed by atoms with Gasteiger partial charge in [0.05, 0.1) is 23.3 Å². The first-order chi connectivity index (χ1) is 12.0. The number of nitrogens with zero attached hydrogens (tertiary/aromatic N) is 2. The summed E-state index contributed by atoms with van der Waals surface area (Å²) >= 11 is 3.15. The van der Waals surface area contributed by atoms with E-state index in [0.717, 1.165) is 10.6 Å². The molecule has 0 saturated carbocycles. The van der Waals surface area contributed by atoms with E-state index in [1.807, 2.05) is 50.4 Å². The van der Waals surface area contributed by atoms with Gasteiger partial charge in [-0.05, 0) is 32.9 Å². The van der Waals surface area contributed by atoms with Crippen LogP contribution < -0.4 is 5.32 Å². The van der Waals surface area contributed by atoms with Crippen LogP contribution in [-0.2, 0) is 10.5 Å². The summed E-state index contributed by atoms with van der Waals surface area (Å²) in [5.74, 6) is 0.453. The minimum Gasteiger partial charge on any atom is -0.352 e. The predicted molar refractivity (Wildman–Crippen MR) is 103 cm³/mol. The van der Waals surface area contributed by atoms with Crippen LogP contribution in [0.1, 0.15) is 36.8 Å². The first-order valence-electron chi connectivity index (χ1n) is 8.18. The van der Waals surface area contributed by atoms with Gasteiger partial charge in [0, 0.05) is 28.6 Å². The average molecular weight is 378 g/mol. The Kier molecular flexibility index (Phi) is 7.46. The van der Waals surface area contributed by atoms with Gasteiger partial charge in [0.2, 0.25) is 5.91 Å². The molecule has 0 atom stereocenters. The third-order valence-corrected chi connectivity index (χ3v) is 5.17. The Morgan fingerprint density at radius 3 is 2.72 bits per heavy atom. The zero-order valence-corrected chi connectivity index (χ0v) is 16.3. The van der Waals surface area contributed by atoms with Crippen molar-refractivity contribution < 1.29 is 9.59 Å². The number of benzene rings is 1. The molecule has 0 aliphatic heterocycles. The zero-order valence-electron chi connectivity index (χ0n) is 14.7. The molecule has 2 rings (SSSR count). The minimum atomic E-state index is -0.141. The minimum absolute atomic E-state index is 0.0576. The van der Waals surface area contributed by atoms with Gasteiger partial charge in [-0.3, -0.25) is 9.59 Å². The van der Waals surface area contributed by atoms with Gasteiger partial charge in [-0.15, -0.1) is 23.1 Å². The Labute approximate surface area is 156 Å². The van der Waals surface area contributed by atoms with Gasteiger partial charge in [-0.2, -0.15) is 0 Å². The normalized spacial score (nSPS) is 10.7. The molecule has 0 spiro atoms. The van der Waals surface area contributed by atoms with Crippen LogP contribution in [0.15, 0.2) is 40.1 Å².